The average Bonchev–Trinajstić information content (AvgIpc) is 3.25. The van der Waals surface area contributed by atoms with E-state index in [0.717, 1.165) is 6.42 Å². The van der Waals surface area contributed by atoms with Gasteiger partial charge < -0.3 is 14.2 Å². The molecule has 10 nitrogen and oxygen atoms in total. The molecule has 0 bridgehead atoms. The zero-order valence-electron chi connectivity index (χ0n) is 24.6. The van der Waals surface area contributed by atoms with Crippen LogP contribution in [-0.2, 0) is 9.53 Å². The standard InChI is InChI=1S/C31H35N3O7S/c1-18(2)13-14-40-24-12-9-22(16-25(24)39-6)28-27(30(36)41-17-19(3)4)20(5)32-31-33(28)29(35)26(42-31)15-21-7-10-23(11-8-21)34(37)38/h7-12,15-16,18-19,28H,13-14,17H2,1-6H3. The van der Waals surface area contributed by atoms with Crippen molar-refractivity contribution >= 4 is 29.1 Å². The fraction of sp³-hybridized carbons (Fsp3) is 0.387. The molecular weight excluding hydrogens is 558 g/mol. The number of nitro groups is 1. The molecule has 1 aliphatic rings. The number of ether oxygens (including phenoxy) is 3. The van der Waals surface area contributed by atoms with Crippen molar-refractivity contribution < 1.29 is 23.9 Å². The molecule has 3 aromatic rings. The summed E-state index contributed by atoms with van der Waals surface area (Å²) in [4.78, 5) is 43.0. The second-order valence-electron chi connectivity index (χ2n) is 10.9. The summed E-state index contributed by atoms with van der Waals surface area (Å²) < 4.78 is 19.1. The Bertz CT molecular complexity index is 1680. The minimum absolute atomic E-state index is 0.0423. The third kappa shape index (κ3) is 6.79. The SMILES string of the molecule is COc1cc(C2C(C(=O)OCC(C)C)=C(C)N=c3sc(=Cc4ccc([N+](=O)[O-])cc4)c(=O)n32)ccc1OCCC(C)C. The number of rotatable bonds is 11. The number of benzene rings is 2. The molecule has 0 spiro atoms. The van der Waals surface area contributed by atoms with Crippen molar-refractivity contribution in [3.05, 3.63) is 94.7 Å². The highest BCUT2D eigenvalue weighted by atomic mass is 32.1. The van der Waals surface area contributed by atoms with Gasteiger partial charge in [-0.1, -0.05) is 45.1 Å². The van der Waals surface area contributed by atoms with Gasteiger partial charge in [0.05, 0.1) is 47.1 Å². The van der Waals surface area contributed by atoms with E-state index in [9.17, 15) is 19.7 Å². The Labute approximate surface area is 247 Å². The number of carbonyl (C=O) groups excluding carboxylic acids is 1. The molecule has 4 rings (SSSR count). The van der Waals surface area contributed by atoms with Crippen molar-refractivity contribution in [1.29, 1.82) is 0 Å². The maximum Gasteiger partial charge on any atom is 0.338 e. The fourth-order valence-electron chi connectivity index (χ4n) is 4.44. The minimum Gasteiger partial charge on any atom is -0.493 e. The Kier molecular flexibility index (Phi) is 9.62. The molecule has 1 unspecified atom stereocenters. The topological polar surface area (TPSA) is 122 Å². The van der Waals surface area contributed by atoms with Gasteiger partial charge in [0, 0.05) is 12.1 Å². The maximum atomic E-state index is 13.9. The number of nitro benzene ring substituents is 1. The number of nitrogens with zero attached hydrogens (tertiary/aromatic N) is 3. The summed E-state index contributed by atoms with van der Waals surface area (Å²) in [6, 6.07) is 10.5. The highest BCUT2D eigenvalue weighted by molar-refractivity contribution is 7.07. The molecule has 2 heterocycles. The zero-order chi connectivity index (χ0) is 30.6. The van der Waals surface area contributed by atoms with Crippen LogP contribution in [0.3, 0.4) is 0 Å². The molecule has 1 aliphatic heterocycles. The van der Waals surface area contributed by atoms with Crippen molar-refractivity contribution in [2.24, 2.45) is 16.8 Å². The summed E-state index contributed by atoms with van der Waals surface area (Å²) in [6.45, 7) is 10.6. The second-order valence-corrected chi connectivity index (χ2v) is 11.9. The van der Waals surface area contributed by atoms with Crippen molar-refractivity contribution in [2.45, 2.75) is 47.1 Å². The first-order valence-corrected chi connectivity index (χ1v) is 14.6. The van der Waals surface area contributed by atoms with Gasteiger partial charge in [-0.25, -0.2) is 9.79 Å². The van der Waals surface area contributed by atoms with Crippen LogP contribution in [0.15, 0.2) is 63.5 Å². The van der Waals surface area contributed by atoms with Gasteiger partial charge in [0.1, 0.15) is 0 Å². The number of allylic oxidation sites excluding steroid dienone is 1. The predicted octanol–water partition coefficient (Wildman–Crippen LogP) is 4.78. The highest BCUT2D eigenvalue weighted by Gasteiger charge is 2.34. The normalized spacial score (nSPS) is 15.0. The second kappa shape index (κ2) is 13.2. The minimum atomic E-state index is -0.821. The predicted molar refractivity (Wildman–Crippen MR) is 161 cm³/mol. The summed E-state index contributed by atoms with van der Waals surface area (Å²) >= 11 is 1.18. The molecule has 11 heteroatoms. The van der Waals surface area contributed by atoms with Gasteiger partial charge >= 0.3 is 5.97 Å². The largest absolute Gasteiger partial charge is 0.493 e. The summed E-state index contributed by atoms with van der Waals surface area (Å²) in [5.41, 5.74) is 1.59. The molecule has 222 valence electrons. The van der Waals surface area contributed by atoms with Crippen LogP contribution in [0.4, 0.5) is 5.69 Å². The number of thiazole rings is 1. The lowest BCUT2D eigenvalue weighted by atomic mass is 9.95. The van der Waals surface area contributed by atoms with Crippen LogP contribution in [-0.4, -0.2) is 35.8 Å². The van der Waals surface area contributed by atoms with E-state index in [4.69, 9.17) is 14.2 Å². The van der Waals surface area contributed by atoms with Gasteiger partial charge in [0.15, 0.2) is 16.3 Å². The smallest absolute Gasteiger partial charge is 0.338 e. The Morgan fingerprint density at radius 3 is 2.45 bits per heavy atom. The molecule has 0 saturated heterocycles. The third-order valence-electron chi connectivity index (χ3n) is 6.65. The number of fused-ring (bicyclic) bond motifs is 1. The van der Waals surface area contributed by atoms with E-state index in [0.29, 0.717) is 50.2 Å². The van der Waals surface area contributed by atoms with Crippen molar-refractivity contribution in [3.63, 3.8) is 0 Å². The molecule has 1 aromatic heterocycles. The number of methoxy groups -OCH3 is 1. The van der Waals surface area contributed by atoms with Gasteiger partial charge in [-0.3, -0.25) is 19.5 Å². The van der Waals surface area contributed by atoms with E-state index in [1.54, 1.807) is 44.4 Å². The van der Waals surface area contributed by atoms with E-state index in [2.05, 4.69) is 18.8 Å². The van der Waals surface area contributed by atoms with Crippen molar-refractivity contribution in [1.82, 2.24) is 4.57 Å². The fourth-order valence-corrected chi connectivity index (χ4v) is 5.49. The van der Waals surface area contributed by atoms with Crippen molar-refractivity contribution in [2.75, 3.05) is 20.3 Å². The highest BCUT2D eigenvalue weighted by Crippen LogP contribution is 2.36. The Balaban J connectivity index is 1.84. The lowest BCUT2D eigenvalue weighted by Gasteiger charge is -2.25. The zero-order valence-corrected chi connectivity index (χ0v) is 25.4. The van der Waals surface area contributed by atoms with Crippen LogP contribution in [0.1, 0.15) is 58.2 Å². The molecule has 2 aromatic carbocycles. The number of aromatic nitrogens is 1. The molecule has 1 atom stereocenters. The maximum absolute atomic E-state index is 13.9. The van der Waals surface area contributed by atoms with Crippen LogP contribution < -0.4 is 24.4 Å². The number of hydrogen-bond acceptors (Lipinski definition) is 9. The molecule has 42 heavy (non-hydrogen) atoms. The number of carbonyl (C=O) groups is 1. The van der Waals surface area contributed by atoms with Crippen LogP contribution in [0.5, 0.6) is 11.5 Å². The van der Waals surface area contributed by atoms with Crippen LogP contribution in [0, 0.1) is 22.0 Å². The van der Waals surface area contributed by atoms with E-state index < -0.39 is 16.9 Å². The Morgan fingerprint density at radius 2 is 1.83 bits per heavy atom. The molecule has 0 aliphatic carbocycles. The van der Waals surface area contributed by atoms with Crippen LogP contribution in [0.25, 0.3) is 6.08 Å². The lowest BCUT2D eigenvalue weighted by Crippen LogP contribution is -2.40. The summed E-state index contributed by atoms with van der Waals surface area (Å²) in [7, 11) is 1.54. The Morgan fingerprint density at radius 1 is 1.12 bits per heavy atom. The first-order valence-electron chi connectivity index (χ1n) is 13.7. The molecule has 0 saturated carbocycles. The van der Waals surface area contributed by atoms with Gasteiger partial charge in [-0.15, -0.1) is 0 Å². The molecule has 0 N–H and O–H groups in total. The van der Waals surface area contributed by atoms with Gasteiger partial charge in [0.25, 0.3) is 11.2 Å². The summed E-state index contributed by atoms with van der Waals surface area (Å²) in [5, 5.41) is 11.0. The number of esters is 1. The van der Waals surface area contributed by atoms with Gasteiger partial charge in [0.2, 0.25) is 0 Å². The van der Waals surface area contributed by atoms with Crippen LogP contribution in [0.2, 0.25) is 0 Å². The van der Waals surface area contributed by atoms with Crippen LogP contribution >= 0.6 is 11.3 Å². The quantitative estimate of drug-likeness (QED) is 0.178. The van der Waals surface area contributed by atoms with E-state index in [1.165, 1.54) is 28.0 Å². The lowest BCUT2D eigenvalue weighted by molar-refractivity contribution is -0.384. The summed E-state index contributed by atoms with van der Waals surface area (Å²) in [5.74, 6) is 1.11. The molecular formula is C31H35N3O7S. The van der Waals surface area contributed by atoms with E-state index in [-0.39, 0.29) is 29.3 Å². The number of non-ortho nitro benzene ring substituents is 1. The average molecular weight is 594 g/mol. The van der Waals surface area contributed by atoms with Crippen molar-refractivity contribution in [3.8, 4) is 11.5 Å². The van der Waals surface area contributed by atoms with E-state index in [1.807, 2.05) is 19.9 Å². The van der Waals surface area contributed by atoms with Gasteiger partial charge in [-0.05, 0) is 66.6 Å². The first kappa shape index (κ1) is 30.7. The summed E-state index contributed by atoms with van der Waals surface area (Å²) in [6.07, 6.45) is 2.54. The molecule has 0 amide bonds. The Hall–Kier alpha value is -4.25. The molecule has 0 fully saturated rings. The first-order chi connectivity index (χ1) is 20.0. The van der Waals surface area contributed by atoms with Gasteiger partial charge in [-0.2, -0.15) is 0 Å². The van der Waals surface area contributed by atoms with E-state index >= 15 is 0 Å². The third-order valence-corrected chi connectivity index (χ3v) is 7.63. The molecule has 0 radical (unpaired) electrons. The monoisotopic (exact) mass is 593 g/mol. The number of hydrogen-bond donors (Lipinski definition) is 0.